The van der Waals surface area contributed by atoms with E-state index in [0.29, 0.717) is 27.8 Å². The highest BCUT2D eigenvalue weighted by molar-refractivity contribution is 7.99. The Morgan fingerprint density at radius 2 is 2.03 bits per heavy atom. The van der Waals surface area contributed by atoms with Gasteiger partial charge in [0.15, 0.2) is 5.16 Å². The fourth-order valence-corrected chi connectivity index (χ4v) is 4.18. The molecule has 3 heterocycles. The predicted octanol–water partition coefficient (Wildman–Crippen LogP) is 3.14. The highest BCUT2D eigenvalue weighted by Crippen LogP contribution is 2.26. The van der Waals surface area contributed by atoms with E-state index in [2.05, 4.69) is 20.2 Å². The second kappa shape index (κ2) is 10.9. The monoisotopic (exact) mass is 497 g/mol. The van der Waals surface area contributed by atoms with Gasteiger partial charge in [-0.2, -0.15) is 0 Å². The van der Waals surface area contributed by atoms with E-state index in [4.69, 9.17) is 13.9 Å². The van der Waals surface area contributed by atoms with Crippen LogP contribution in [0.2, 0.25) is 0 Å². The molecule has 0 bridgehead atoms. The SMILES string of the molecule is CCOC(=O)Cc1nnc(SC/C(O)=C(\C(=O)OC)c2nc3ccccc3[nH]2)n1Cc1ccco1. The van der Waals surface area contributed by atoms with Crippen molar-refractivity contribution in [1.82, 2.24) is 24.7 Å². The third-order valence-corrected chi connectivity index (χ3v) is 5.92. The molecule has 0 aliphatic rings. The van der Waals surface area contributed by atoms with Crippen LogP contribution in [0, 0.1) is 0 Å². The van der Waals surface area contributed by atoms with E-state index in [-0.39, 0.29) is 42.5 Å². The minimum Gasteiger partial charge on any atom is -0.510 e. The summed E-state index contributed by atoms with van der Waals surface area (Å²) in [5, 5.41) is 19.6. The van der Waals surface area contributed by atoms with Gasteiger partial charge in [-0.05, 0) is 31.2 Å². The van der Waals surface area contributed by atoms with Crippen molar-refractivity contribution >= 4 is 40.3 Å². The fourth-order valence-electron chi connectivity index (χ4n) is 3.34. The van der Waals surface area contributed by atoms with E-state index in [9.17, 15) is 14.7 Å². The number of aromatic amines is 1. The van der Waals surface area contributed by atoms with Crippen molar-refractivity contribution in [3.8, 4) is 0 Å². The minimum absolute atomic E-state index is 0.0306. The number of nitrogens with zero attached hydrogens (tertiary/aromatic N) is 4. The Labute approximate surface area is 204 Å². The molecule has 0 fully saturated rings. The molecule has 0 saturated heterocycles. The molecule has 3 aromatic heterocycles. The van der Waals surface area contributed by atoms with E-state index in [1.165, 1.54) is 7.11 Å². The lowest BCUT2D eigenvalue weighted by atomic mass is 10.2. The second-order valence-electron chi connectivity index (χ2n) is 7.25. The number of rotatable bonds is 10. The summed E-state index contributed by atoms with van der Waals surface area (Å²) in [7, 11) is 1.23. The van der Waals surface area contributed by atoms with E-state index in [1.54, 1.807) is 36.0 Å². The van der Waals surface area contributed by atoms with Gasteiger partial charge in [0.05, 0.1) is 43.3 Å². The number of hydrogen-bond donors (Lipinski definition) is 2. The molecule has 2 N–H and O–H groups in total. The van der Waals surface area contributed by atoms with E-state index >= 15 is 0 Å². The first-order valence-corrected chi connectivity index (χ1v) is 11.7. The van der Waals surface area contributed by atoms with Gasteiger partial charge < -0.3 is 24.0 Å². The Balaban J connectivity index is 1.62. The molecule has 0 saturated carbocycles. The molecule has 0 unspecified atom stereocenters. The Morgan fingerprint density at radius 1 is 1.20 bits per heavy atom. The van der Waals surface area contributed by atoms with E-state index in [0.717, 1.165) is 11.8 Å². The van der Waals surface area contributed by atoms with Gasteiger partial charge in [-0.15, -0.1) is 10.2 Å². The Kier molecular flexibility index (Phi) is 7.51. The van der Waals surface area contributed by atoms with Gasteiger partial charge in [-0.25, -0.2) is 9.78 Å². The largest absolute Gasteiger partial charge is 0.510 e. The highest BCUT2D eigenvalue weighted by atomic mass is 32.2. The minimum atomic E-state index is -0.734. The van der Waals surface area contributed by atoms with Crippen molar-refractivity contribution in [3.63, 3.8) is 0 Å². The number of nitrogens with one attached hydrogen (secondary N) is 1. The van der Waals surface area contributed by atoms with Gasteiger partial charge in [-0.1, -0.05) is 23.9 Å². The number of aliphatic hydroxyl groups is 1. The summed E-state index contributed by atoms with van der Waals surface area (Å²) < 4.78 is 17.0. The Morgan fingerprint density at radius 3 is 2.74 bits per heavy atom. The van der Waals surface area contributed by atoms with Gasteiger partial charge in [0.25, 0.3) is 0 Å². The summed E-state index contributed by atoms with van der Waals surface area (Å²) >= 11 is 1.13. The average molecular weight is 498 g/mol. The third-order valence-electron chi connectivity index (χ3n) is 4.94. The Bertz CT molecular complexity index is 1320. The summed E-state index contributed by atoms with van der Waals surface area (Å²) in [5.41, 5.74) is 1.28. The number of H-pyrrole nitrogens is 1. The second-order valence-corrected chi connectivity index (χ2v) is 8.19. The predicted molar refractivity (Wildman–Crippen MR) is 127 cm³/mol. The van der Waals surface area contributed by atoms with Crippen LogP contribution < -0.4 is 0 Å². The molecular formula is C23H23N5O6S. The lowest BCUT2D eigenvalue weighted by Gasteiger charge is -2.10. The van der Waals surface area contributed by atoms with Gasteiger partial charge in [0, 0.05) is 0 Å². The summed E-state index contributed by atoms with van der Waals surface area (Å²) in [5.74, 6) is -0.237. The molecule has 0 radical (unpaired) electrons. The zero-order valence-electron chi connectivity index (χ0n) is 19.1. The molecule has 4 aromatic rings. The number of imidazole rings is 1. The van der Waals surface area contributed by atoms with Crippen LogP contribution in [0.3, 0.4) is 0 Å². The summed E-state index contributed by atoms with van der Waals surface area (Å²) in [6.07, 6.45) is 1.47. The molecule has 0 atom stereocenters. The number of aromatic nitrogens is 5. The lowest BCUT2D eigenvalue weighted by molar-refractivity contribution is -0.142. The first-order valence-electron chi connectivity index (χ1n) is 10.7. The molecule has 182 valence electrons. The van der Waals surface area contributed by atoms with Crippen molar-refractivity contribution in [2.45, 2.75) is 25.0 Å². The van der Waals surface area contributed by atoms with Crippen LogP contribution in [0.1, 0.15) is 24.3 Å². The topological polar surface area (TPSA) is 145 Å². The number of furan rings is 1. The number of para-hydroxylation sites is 2. The van der Waals surface area contributed by atoms with E-state index in [1.807, 2.05) is 18.2 Å². The van der Waals surface area contributed by atoms with Gasteiger partial charge in [0.1, 0.15) is 35.2 Å². The van der Waals surface area contributed by atoms with E-state index < -0.39 is 11.9 Å². The molecule has 0 amide bonds. The first-order chi connectivity index (χ1) is 17.0. The summed E-state index contributed by atoms with van der Waals surface area (Å²) in [6.45, 7) is 2.25. The lowest BCUT2D eigenvalue weighted by Crippen LogP contribution is -2.14. The molecule has 1 aromatic carbocycles. The van der Waals surface area contributed by atoms with Crippen LogP contribution in [0.25, 0.3) is 16.6 Å². The number of carbonyl (C=O) groups is 2. The van der Waals surface area contributed by atoms with Crippen molar-refractivity contribution in [2.75, 3.05) is 19.5 Å². The number of ether oxygens (including phenoxy) is 2. The number of carbonyl (C=O) groups excluding carboxylic acids is 2. The average Bonchev–Trinajstić information content (AvgIpc) is 3.59. The van der Waals surface area contributed by atoms with Gasteiger partial charge >= 0.3 is 11.9 Å². The Hall–Kier alpha value is -4.06. The fraction of sp³-hybridized carbons (Fsp3) is 0.261. The smallest absolute Gasteiger partial charge is 0.345 e. The van der Waals surface area contributed by atoms with Crippen LogP contribution in [0.5, 0.6) is 0 Å². The van der Waals surface area contributed by atoms with Crippen LogP contribution in [0.15, 0.2) is 58.0 Å². The van der Waals surface area contributed by atoms with Crippen LogP contribution in [-0.2, 0) is 32.0 Å². The number of fused-ring (bicyclic) bond motifs is 1. The molecule has 35 heavy (non-hydrogen) atoms. The molecule has 11 nitrogen and oxygen atoms in total. The van der Waals surface area contributed by atoms with Crippen molar-refractivity contribution in [1.29, 1.82) is 0 Å². The normalized spacial score (nSPS) is 11.9. The van der Waals surface area contributed by atoms with Crippen molar-refractivity contribution in [3.05, 3.63) is 65.8 Å². The zero-order valence-corrected chi connectivity index (χ0v) is 19.9. The number of aliphatic hydroxyl groups excluding tert-OH is 1. The first kappa shape index (κ1) is 24.1. The standard InChI is InChI=1S/C23H23N5O6S/c1-3-33-19(30)11-18-26-27-23(28(18)12-14-7-6-10-34-14)35-13-17(29)20(22(31)32-2)21-24-15-8-4-5-9-16(15)25-21/h4-10,29H,3,11-13H2,1-2H3,(H,24,25)/b20-17+. The maximum atomic E-state index is 12.5. The number of hydrogen-bond acceptors (Lipinski definition) is 10. The quantitative estimate of drug-likeness (QED) is 0.145. The molecule has 0 aliphatic carbocycles. The maximum Gasteiger partial charge on any atom is 0.345 e. The van der Waals surface area contributed by atoms with Crippen LogP contribution >= 0.6 is 11.8 Å². The number of esters is 2. The summed E-state index contributed by atoms with van der Waals surface area (Å²) in [4.78, 5) is 32.0. The van der Waals surface area contributed by atoms with Gasteiger partial charge in [0.2, 0.25) is 0 Å². The molecule has 4 rings (SSSR count). The molecule has 12 heteroatoms. The zero-order chi connectivity index (χ0) is 24.8. The van der Waals surface area contributed by atoms with Crippen molar-refractivity contribution < 1.29 is 28.6 Å². The van der Waals surface area contributed by atoms with Crippen LogP contribution in [-0.4, -0.2) is 61.2 Å². The third kappa shape index (κ3) is 5.54. The van der Waals surface area contributed by atoms with Crippen molar-refractivity contribution in [2.24, 2.45) is 0 Å². The molecular weight excluding hydrogens is 474 g/mol. The number of methoxy groups -OCH3 is 1. The summed E-state index contributed by atoms with van der Waals surface area (Å²) in [6, 6.07) is 10.8. The number of thioether (sulfide) groups is 1. The number of benzene rings is 1. The molecule has 0 aliphatic heterocycles. The van der Waals surface area contributed by atoms with Crippen LogP contribution in [0.4, 0.5) is 0 Å². The maximum absolute atomic E-state index is 12.5. The molecule has 0 spiro atoms. The highest BCUT2D eigenvalue weighted by Gasteiger charge is 2.24. The van der Waals surface area contributed by atoms with Gasteiger partial charge in [-0.3, -0.25) is 9.36 Å².